The Morgan fingerprint density at radius 3 is 2.55 bits per heavy atom. The summed E-state index contributed by atoms with van der Waals surface area (Å²) in [6.07, 6.45) is 5.67. The lowest BCUT2D eigenvalue weighted by Crippen LogP contribution is -2.46. The van der Waals surface area contributed by atoms with Gasteiger partial charge in [0.2, 0.25) is 0 Å². The van der Waals surface area contributed by atoms with Crippen LogP contribution in [0.1, 0.15) is 42.1 Å². The molecule has 170 valence electrons. The molecule has 0 radical (unpaired) electrons. The molecule has 0 saturated heterocycles. The van der Waals surface area contributed by atoms with Crippen LogP contribution < -0.4 is 14.9 Å². The van der Waals surface area contributed by atoms with Crippen molar-refractivity contribution in [3.8, 4) is 33.9 Å². The normalized spacial score (nSPS) is 15.2. The molecule has 0 unspecified atom stereocenters. The van der Waals surface area contributed by atoms with Gasteiger partial charge in [0.05, 0.1) is 26.5 Å². The third-order valence-electron chi connectivity index (χ3n) is 6.94. The highest BCUT2D eigenvalue weighted by molar-refractivity contribution is 5.90. The summed E-state index contributed by atoms with van der Waals surface area (Å²) in [5, 5.41) is 0. The van der Waals surface area contributed by atoms with Crippen LogP contribution in [0.2, 0.25) is 0 Å². The fraction of sp³-hybridized carbons (Fsp3) is 0.333. The van der Waals surface area contributed by atoms with Crippen LogP contribution in [0.5, 0.6) is 11.5 Å². The summed E-state index contributed by atoms with van der Waals surface area (Å²) in [4.78, 5) is 25.3. The van der Waals surface area contributed by atoms with E-state index in [0.29, 0.717) is 0 Å². The van der Waals surface area contributed by atoms with Gasteiger partial charge in [0, 0.05) is 28.9 Å². The summed E-state index contributed by atoms with van der Waals surface area (Å²) in [5.74, 6) is 0.940. The molecule has 3 aromatic rings. The first-order valence-corrected chi connectivity index (χ1v) is 11.3. The zero-order valence-corrected chi connectivity index (χ0v) is 19.1. The van der Waals surface area contributed by atoms with Crippen LogP contribution in [-0.2, 0) is 16.7 Å². The molecule has 2 heterocycles. The second kappa shape index (κ2) is 8.10. The molecule has 33 heavy (non-hydrogen) atoms. The van der Waals surface area contributed by atoms with E-state index in [1.54, 1.807) is 33.4 Å². The first-order valence-electron chi connectivity index (χ1n) is 11.3. The molecule has 1 saturated carbocycles. The number of hydrogen-bond acceptors (Lipinski definition) is 5. The third kappa shape index (κ3) is 3.41. The zero-order chi connectivity index (χ0) is 23.2. The number of carbonyl (C=O) groups is 1. The number of ether oxygens (including phenoxy) is 3. The van der Waals surface area contributed by atoms with Crippen LogP contribution >= 0.6 is 0 Å². The highest BCUT2D eigenvalue weighted by atomic mass is 16.5. The Morgan fingerprint density at radius 2 is 1.88 bits per heavy atom. The lowest BCUT2D eigenvalue weighted by atomic mass is 9.69. The average Bonchev–Trinajstić information content (AvgIpc) is 2.81. The van der Waals surface area contributed by atoms with E-state index in [2.05, 4.69) is 10.6 Å². The molecule has 0 bridgehead atoms. The Kier molecular flexibility index (Phi) is 5.23. The number of benzene rings is 2. The van der Waals surface area contributed by atoms with Crippen molar-refractivity contribution in [3.05, 3.63) is 70.0 Å². The van der Waals surface area contributed by atoms with Crippen LogP contribution in [-0.4, -0.2) is 31.4 Å². The molecular weight excluding hydrogens is 418 g/mol. The van der Waals surface area contributed by atoms with E-state index in [-0.39, 0.29) is 23.1 Å². The zero-order valence-electron chi connectivity index (χ0n) is 19.1. The number of pyridine rings is 1. The standard InChI is InChI=1S/C27H27NO5/c1-4-33-26(30)22-16-28-23(14-24(22)29)20-13-25(32-3)21(17-7-5-8-19(11-17)31-2)12-18(20)15-27(28)9-6-10-27/h5,7-8,11-14,16H,4,6,9-10,15H2,1-3H3. The summed E-state index contributed by atoms with van der Waals surface area (Å²) in [5.41, 5.74) is 4.61. The van der Waals surface area contributed by atoms with Gasteiger partial charge in [0.1, 0.15) is 17.1 Å². The molecular formula is C27H27NO5. The van der Waals surface area contributed by atoms with E-state index < -0.39 is 5.97 Å². The molecule has 5 rings (SSSR count). The van der Waals surface area contributed by atoms with Gasteiger partial charge in [0.25, 0.3) is 0 Å². The third-order valence-corrected chi connectivity index (χ3v) is 6.94. The molecule has 1 fully saturated rings. The number of hydrogen-bond donors (Lipinski definition) is 0. The molecule has 2 aliphatic rings. The van der Waals surface area contributed by atoms with Crippen molar-refractivity contribution >= 4 is 5.97 Å². The lowest BCUT2D eigenvalue weighted by Gasteiger charge is -2.49. The van der Waals surface area contributed by atoms with Crippen molar-refractivity contribution in [2.24, 2.45) is 0 Å². The van der Waals surface area contributed by atoms with Gasteiger partial charge in [-0.1, -0.05) is 12.1 Å². The fourth-order valence-electron chi connectivity index (χ4n) is 5.13. The van der Waals surface area contributed by atoms with Crippen LogP contribution in [0.25, 0.3) is 22.4 Å². The molecule has 1 aliphatic carbocycles. The van der Waals surface area contributed by atoms with Crippen LogP contribution in [0.4, 0.5) is 0 Å². The predicted octanol–water partition coefficient (Wildman–Crippen LogP) is 4.81. The highest BCUT2D eigenvalue weighted by Gasteiger charge is 2.43. The average molecular weight is 446 g/mol. The van der Waals surface area contributed by atoms with Crippen LogP contribution in [0.15, 0.2) is 53.5 Å². The number of rotatable bonds is 5. The van der Waals surface area contributed by atoms with Gasteiger partial charge < -0.3 is 18.8 Å². The van der Waals surface area contributed by atoms with Gasteiger partial charge in [-0.3, -0.25) is 4.79 Å². The second-order valence-corrected chi connectivity index (χ2v) is 8.72. The topological polar surface area (TPSA) is 66.8 Å². The maximum absolute atomic E-state index is 12.9. The Hall–Kier alpha value is -3.54. The number of methoxy groups -OCH3 is 2. The molecule has 0 amide bonds. The second-order valence-electron chi connectivity index (χ2n) is 8.72. The fourth-order valence-corrected chi connectivity index (χ4v) is 5.13. The Labute approximate surface area is 192 Å². The van der Waals surface area contributed by atoms with Gasteiger partial charge >= 0.3 is 5.97 Å². The van der Waals surface area contributed by atoms with Crippen molar-refractivity contribution in [2.75, 3.05) is 20.8 Å². The van der Waals surface area contributed by atoms with Gasteiger partial charge in [-0.2, -0.15) is 0 Å². The van der Waals surface area contributed by atoms with Crippen molar-refractivity contribution < 1.29 is 19.0 Å². The summed E-state index contributed by atoms with van der Waals surface area (Å²) in [7, 11) is 3.31. The predicted molar refractivity (Wildman–Crippen MR) is 126 cm³/mol. The number of aromatic nitrogens is 1. The first kappa shape index (κ1) is 21.3. The van der Waals surface area contributed by atoms with E-state index in [4.69, 9.17) is 14.2 Å². The minimum absolute atomic E-state index is 0.0929. The molecule has 1 aliphatic heterocycles. The van der Waals surface area contributed by atoms with Crippen molar-refractivity contribution in [3.63, 3.8) is 0 Å². The van der Waals surface area contributed by atoms with Crippen molar-refractivity contribution in [1.82, 2.24) is 4.57 Å². The van der Waals surface area contributed by atoms with Gasteiger partial charge in [-0.25, -0.2) is 4.79 Å². The Bertz CT molecular complexity index is 1300. The van der Waals surface area contributed by atoms with Gasteiger partial charge in [-0.05, 0) is 68.0 Å². The minimum Gasteiger partial charge on any atom is -0.497 e. The van der Waals surface area contributed by atoms with E-state index >= 15 is 0 Å². The first-order chi connectivity index (χ1) is 16.0. The number of esters is 1. The quantitative estimate of drug-likeness (QED) is 0.527. The monoisotopic (exact) mass is 445 g/mol. The van der Waals surface area contributed by atoms with Gasteiger partial charge in [0.15, 0.2) is 5.43 Å². The van der Waals surface area contributed by atoms with Crippen LogP contribution in [0, 0.1) is 0 Å². The summed E-state index contributed by atoms with van der Waals surface area (Å²) < 4.78 is 18.4. The van der Waals surface area contributed by atoms with Crippen molar-refractivity contribution in [1.29, 1.82) is 0 Å². The lowest BCUT2D eigenvalue weighted by molar-refractivity contribution is 0.0521. The smallest absolute Gasteiger partial charge is 0.343 e. The van der Waals surface area contributed by atoms with Gasteiger partial charge in [-0.15, -0.1) is 0 Å². The van der Waals surface area contributed by atoms with E-state index in [0.717, 1.165) is 59.6 Å². The SMILES string of the molecule is CCOC(=O)c1cn2c(cc1=O)-c1cc(OC)c(-c3cccc(OC)c3)cc1CC21CCC1. The molecule has 6 heteroatoms. The van der Waals surface area contributed by atoms with E-state index in [9.17, 15) is 9.59 Å². The molecule has 1 spiro atoms. The Balaban J connectivity index is 1.70. The van der Waals surface area contributed by atoms with Crippen molar-refractivity contribution in [2.45, 2.75) is 38.1 Å². The Morgan fingerprint density at radius 1 is 1.06 bits per heavy atom. The summed E-state index contributed by atoms with van der Waals surface area (Å²) in [6, 6.07) is 13.7. The molecule has 6 nitrogen and oxygen atoms in total. The molecule has 0 N–H and O–H groups in total. The maximum atomic E-state index is 12.9. The highest BCUT2D eigenvalue weighted by Crippen LogP contribution is 2.50. The van der Waals surface area contributed by atoms with E-state index in [1.165, 1.54) is 5.56 Å². The molecule has 1 aromatic heterocycles. The largest absolute Gasteiger partial charge is 0.497 e. The number of carbonyl (C=O) groups excluding carboxylic acids is 1. The summed E-state index contributed by atoms with van der Waals surface area (Å²) >= 11 is 0. The molecule has 2 aromatic carbocycles. The number of fused-ring (bicyclic) bond motifs is 4. The van der Waals surface area contributed by atoms with Crippen LogP contribution in [0.3, 0.4) is 0 Å². The number of nitrogens with zero attached hydrogens (tertiary/aromatic N) is 1. The minimum atomic E-state index is -0.566. The maximum Gasteiger partial charge on any atom is 0.343 e. The molecule has 0 atom stereocenters. The summed E-state index contributed by atoms with van der Waals surface area (Å²) in [6.45, 7) is 1.97. The van der Waals surface area contributed by atoms with E-state index in [1.807, 2.05) is 30.3 Å².